The second-order valence-electron chi connectivity index (χ2n) is 4.13. The first-order valence-corrected chi connectivity index (χ1v) is 7.63. The summed E-state index contributed by atoms with van der Waals surface area (Å²) in [6, 6.07) is 5.76. The Hall–Kier alpha value is -1.60. The number of sulfone groups is 1. The Balaban J connectivity index is 2.62. The van der Waals surface area contributed by atoms with Gasteiger partial charge in [0.1, 0.15) is 5.75 Å². The van der Waals surface area contributed by atoms with Crippen molar-refractivity contribution >= 4 is 15.7 Å². The van der Waals surface area contributed by atoms with Gasteiger partial charge >= 0.3 is 0 Å². The van der Waals surface area contributed by atoms with Crippen LogP contribution in [0.25, 0.3) is 0 Å². The zero-order valence-electron chi connectivity index (χ0n) is 10.9. The van der Waals surface area contributed by atoms with Crippen LogP contribution in [0.15, 0.2) is 29.2 Å². The number of primary amides is 1. The fourth-order valence-corrected chi connectivity index (χ4v) is 2.17. The van der Waals surface area contributed by atoms with Crippen LogP contribution < -0.4 is 15.8 Å². The van der Waals surface area contributed by atoms with E-state index in [-0.39, 0.29) is 11.5 Å². The summed E-state index contributed by atoms with van der Waals surface area (Å²) in [6.07, 6.45) is 1.55. The Morgan fingerprint density at radius 2 is 2.16 bits per heavy atom. The van der Waals surface area contributed by atoms with E-state index >= 15 is 0 Å². The number of hydrogen-bond acceptors (Lipinski definition) is 5. The van der Waals surface area contributed by atoms with Gasteiger partial charge in [-0.3, -0.25) is 4.79 Å². The Bertz CT molecular complexity index is 542. The van der Waals surface area contributed by atoms with Crippen molar-refractivity contribution in [2.75, 3.05) is 19.9 Å². The van der Waals surface area contributed by atoms with Crippen molar-refractivity contribution in [3.05, 3.63) is 24.3 Å². The summed E-state index contributed by atoms with van der Waals surface area (Å²) in [5, 5.41) is 2.77. The first-order chi connectivity index (χ1) is 8.84. The van der Waals surface area contributed by atoms with E-state index in [0.29, 0.717) is 12.2 Å². The van der Waals surface area contributed by atoms with Gasteiger partial charge in [-0.25, -0.2) is 8.42 Å². The predicted octanol–water partition coefficient (Wildman–Crippen LogP) is -0.0677. The highest BCUT2D eigenvalue weighted by atomic mass is 32.2. The van der Waals surface area contributed by atoms with Gasteiger partial charge in [-0.2, -0.15) is 0 Å². The maximum Gasteiger partial charge on any atom is 0.234 e. The van der Waals surface area contributed by atoms with Gasteiger partial charge in [-0.05, 0) is 25.2 Å². The molecule has 1 aromatic carbocycles. The Labute approximate surface area is 112 Å². The molecule has 0 heterocycles. The standard InChI is InChI=1S/C12H18N2O4S/c1-14-11(12(13)15)6-7-18-9-4-3-5-10(8-9)19(2,16)17/h3-5,8,11,14H,6-7H2,1-2H3,(H2,13,15). The van der Waals surface area contributed by atoms with Crippen LogP contribution in [0, 0.1) is 0 Å². The molecule has 0 saturated carbocycles. The third-order valence-electron chi connectivity index (χ3n) is 2.60. The summed E-state index contributed by atoms with van der Waals surface area (Å²) in [5.74, 6) is -0.00163. The first-order valence-electron chi connectivity index (χ1n) is 5.74. The normalized spacial score (nSPS) is 12.9. The number of rotatable bonds is 7. The summed E-state index contributed by atoms with van der Waals surface area (Å²) in [6.45, 7) is 0.266. The number of carbonyl (C=O) groups is 1. The molecular formula is C12H18N2O4S. The predicted molar refractivity (Wildman–Crippen MR) is 71.7 cm³/mol. The molecular weight excluding hydrogens is 268 g/mol. The van der Waals surface area contributed by atoms with Crippen molar-refractivity contribution in [1.29, 1.82) is 0 Å². The lowest BCUT2D eigenvalue weighted by atomic mass is 10.2. The monoisotopic (exact) mass is 286 g/mol. The zero-order chi connectivity index (χ0) is 14.5. The number of ether oxygens (including phenoxy) is 1. The summed E-state index contributed by atoms with van der Waals surface area (Å²) >= 11 is 0. The maximum atomic E-state index is 11.4. The molecule has 1 aromatic rings. The lowest BCUT2D eigenvalue weighted by Gasteiger charge is -2.13. The van der Waals surface area contributed by atoms with Crippen molar-refractivity contribution in [3.8, 4) is 5.75 Å². The molecule has 1 atom stereocenters. The van der Waals surface area contributed by atoms with Crippen molar-refractivity contribution < 1.29 is 17.9 Å². The lowest BCUT2D eigenvalue weighted by Crippen LogP contribution is -2.40. The molecule has 6 nitrogen and oxygen atoms in total. The van der Waals surface area contributed by atoms with Crippen LogP contribution in [0.1, 0.15) is 6.42 Å². The second kappa shape index (κ2) is 6.53. The molecule has 1 unspecified atom stereocenters. The SMILES string of the molecule is CNC(CCOc1cccc(S(C)(=O)=O)c1)C(N)=O. The summed E-state index contributed by atoms with van der Waals surface area (Å²) < 4.78 is 28.2. The number of carbonyl (C=O) groups excluding carboxylic acids is 1. The van der Waals surface area contributed by atoms with Crippen LogP contribution in [0.4, 0.5) is 0 Å². The minimum Gasteiger partial charge on any atom is -0.493 e. The fraction of sp³-hybridized carbons (Fsp3) is 0.417. The highest BCUT2D eigenvalue weighted by Crippen LogP contribution is 2.17. The van der Waals surface area contributed by atoms with Gasteiger partial charge in [-0.15, -0.1) is 0 Å². The van der Waals surface area contributed by atoms with Crippen LogP contribution in [0.5, 0.6) is 5.75 Å². The fourth-order valence-electron chi connectivity index (χ4n) is 1.52. The quantitative estimate of drug-likeness (QED) is 0.731. The smallest absolute Gasteiger partial charge is 0.234 e. The molecule has 0 aromatic heterocycles. The summed E-state index contributed by atoms with van der Waals surface area (Å²) in [5.41, 5.74) is 5.17. The highest BCUT2D eigenvalue weighted by molar-refractivity contribution is 7.90. The number of amides is 1. The largest absolute Gasteiger partial charge is 0.493 e. The molecule has 7 heteroatoms. The van der Waals surface area contributed by atoms with Crippen LogP contribution in [0.3, 0.4) is 0 Å². The Kier molecular flexibility index (Phi) is 5.31. The molecule has 0 aliphatic carbocycles. The number of nitrogens with one attached hydrogen (secondary N) is 1. The molecule has 0 aliphatic heterocycles. The summed E-state index contributed by atoms with van der Waals surface area (Å²) in [4.78, 5) is 11.2. The molecule has 3 N–H and O–H groups in total. The van der Waals surface area contributed by atoms with Crippen LogP contribution >= 0.6 is 0 Å². The molecule has 0 fully saturated rings. The Morgan fingerprint density at radius 1 is 1.47 bits per heavy atom. The minimum absolute atomic E-state index is 0.199. The van der Waals surface area contributed by atoms with E-state index in [9.17, 15) is 13.2 Å². The van der Waals surface area contributed by atoms with E-state index in [1.807, 2.05) is 0 Å². The number of benzene rings is 1. The van der Waals surface area contributed by atoms with Crippen molar-refractivity contribution in [1.82, 2.24) is 5.32 Å². The molecule has 0 bridgehead atoms. The highest BCUT2D eigenvalue weighted by Gasteiger charge is 2.12. The van der Waals surface area contributed by atoms with E-state index < -0.39 is 21.8 Å². The van der Waals surface area contributed by atoms with E-state index in [2.05, 4.69) is 5.32 Å². The van der Waals surface area contributed by atoms with Gasteiger partial charge < -0.3 is 15.8 Å². The molecule has 0 saturated heterocycles. The van der Waals surface area contributed by atoms with Gasteiger partial charge in [-0.1, -0.05) is 6.07 Å². The van der Waals surface area contributed by atoms with E-state index in [1.54, 1.807) is 19.2 Å². The van der Waals surface area contributed by atoms with Crippen LogP contribution in [-0.2, 0) is 14.6 Å². The lowest BCUT2D eigenvalue weighted by molar-refractivity contribution is -0.120. The zero-order valence-corrected chi connectivity index (χ0v) is 11.7. The van der Waals surface area contributed by atoms with E-state index in [1.165, 1.54) is 12.1 Å². The second-order valence-corrected chi connectivity index (χ2v) is 6.14. The Morgan fingerprint density at radius 3 is 2.68 bits per heavy atom. The van der Waals surface area contributed by atoms with Gasteiger partial charge in [0.25, 0.3) is 0 Å². The maximum absolute atomic E-state index is 11.4. The first kappa shape index (κ1) is 15.5. The molecule has 0 aliphatic rings. The third-order valence-corrected chi connectivity index (χ3v) is 3.71. The van der Waals surface area contributed by atoms with Gasteiger partial charge in [0.05, 0.1) is 17.5 Å². The molecule has 1 amide bonds. The number of hydrogen-bond donors (Lipinski definition) is 2. The number of likely N-dealkylation sites (N-methyl/N-ethyl adjacent to an activating group) is 1. The van der Waals surface area contributed by atoms with Crippen LogP contribution in [0.2, 0.25) is 0 Å². The van der Waals surface area contributed by atoms with Crippen molar-refractivity contribution in [2.45, 2.75) is 17.4 Å². The average Bonchev–Trinajstić information content (AvgIpc) is 2.33. The molecule has 106 valence electrons. The van der Waals surface area contributed by atoms with Crippen LogP contribution in [-0.4, -0.2) is 40.3 Å². The van der Waals surface area contributed by atoms with Crippen molar-refractivity contribution in [2.24, 2.45) is 5.73 Å². The summed E-state index contributed by atoms with van der Waals surface area (Å²) in [7, 11) is -1.61. The molecule has 19 heavy (non-hydrogen) atoms. The topological polar surface area (TPSA) is 98.5 Å². The minimum atomic E-state index is -3.25. The van der Waals surface area contributed by atoms with Crippen molar-refractivity contribution in [3.63, 3.8) is 0 Å². The molecule has 0 radical (unpaired) electrons. The molecule has 0 spiro atoms. The van der Waals surface area contributed by atoms with Gasteiger partial charge in [0.15, 0.2) is 9.84 Å². The third kappa shape index (κ3) is 4.88. The van der Waals surface area contributed by atoms with E-state index in [0.717, 1.165) is 6.26 Å². The van der Waals surface area contributed by atoms with Gasteiger partial charge in [0, 0.05) is 12.7 Å². The van der Waals surface area contributed by atoms with Gasteiger partial charge in [0.2, 0.25) is 5.91 Å². The number of nitrogens with two attached hydrogens (primary N) is 1. The average molecular weight is 286 g/mol. The van der Waals surface area contributed by atoms with E-state index in [4.69, 9.17) is 10.5 Å². The molecule has 1 rings (SSSR count).